The van der Waals surface area contributed by atoms with Crippen molar-refractivity contribution in [3.63, 3.8) is 0 Å². The van der Waals surface area contributed by atoms with Gasteiger partial charge in [-0.2, -0.15) is 5.26 Å². The molecule has 3 aromatic rings. The lowest BCUT2D eigenvalue weighted by Crippen LogP contribution is -2.07. The summed E-state index contributed by atoms with van der Waals surface area (Å²) in [6.07, 6.45) is 1.42. The van der Waals surface area contributed by atoms with Gasteiger partial charge in [-0.3, -0.25) is 4.79 Å². The van der Waals surface area contributed by atoms with E-state index in [0.29, 0.717) is 5.56 Å². The van der Waals surface area contributed by atoms with E-state index in [1.165, 1.54) is 12.3 Å². The molecule has 0 radical (unpaired) electrons. The van der Waals surface area contributed by atoms with Crippen LogP contribution in [0.25, 0.3) is 16.8 Å². The van der Waals surface area contributed by atoms with Gasteiger partial charge in [0.1, 0.15) is 0 Å². The molecular formula is C20H16N2O2. The fraction of sp³-hybridized carbons (Fsp3) is 0.100. The molecule has 3 rings (SSSR count). The first-order valence-corrected chi connectivity index (χ1v) is 7.53. The van der Waals surface area contributed by atoms with Gasteiger partial charge >= 0.3 is 0 Å². The van der Waals surface area contributed by atoms with Crippen LogP contribution in [-0.2, 0) is 0 Å². The molecule has 0 fully saturated rings. The summed E-state index contributed by atoms with van der Waals surface area (Å²) in [6, 6.07) is 17.1. The lowest BCUT2D eigenvalue weighted by Gasteiger charge is -2.12. The van der Waals surface area contributed by atoms with E-state index in [1.54, 1.807) is 4.57 Å². The average molecular weight is 316 g/mol. The summed E-state index contributed by atoms with van der Waals surface area (Å²) in [5.74, 6) is -0.282. The smallest absolute Gasteiger partial charge is 0.223 e. The first-order valence-electron chi connectivity index (χ1n) is 7.53. The molecule has 1 heterocycles. The second-order valence-corrected chi connectivity index (χ2v) is 5.74. The largest absolute Gasteiger partial charge is 0.503 e. The van der Waals surface area contributed by atoms with E-state index in [4.69, 9.17) is 0 Å². The molecule has 0 saturated heterocycles. The molecule has 0 amide bonds. The average Bonchev–Trinajstić information content (AvgIpc) is 2.58. The van der Waals surface area contributed by atoms with Crippen LogP contribution in [0.2, 0.25) is 0 Å². The Kier molecular flexibility index (Phi) is 3.93. The molecule has 0 aliphatic rings. The van der Waals surface area contributed by atoms with Crippen molar-refractivity contribution >= 4 is 0 Å². The highest BCUT2D eigenvalue weighted by atomic mass is 16.3. The number of nitrogens with zero attached hydrogens (tertiary/aromatic N) is 2. The predicted molar refractivity (Wildman–Crippen MR) is 93.3 cm³/mol. The third kappa shape index (κ3) is 2.80. The van der Waals surface area contributed by atoms with Crippen LogP contribution in [0, 0.1) is 25.2 Å². The zero-order valence-corrected chi connectivity index (χ0v) is 13.4. The molecule has 0 bridgehead atoms. The Hall–Kier alpha value is -3.32. The molecule has 0 saturated carbocycles. The minimum atomic E-state index is -0.390. The Morgan fingerprint density at radius 3 is 2.42 bits per heavy atom. The molecule has 4 nitrogen and oxygen atoms in total. The normalized spacial score (nSPS) is 10.4. The van der Waals surface area contributed by atoms with Crippen molar-refractivity contribution < 1.29 is 5.11 Å². The molecule has 2 aromatic carbocycles. The summed E-state index contributed by atoms with van der Waals surface area (Å²) in [7, 11) is 0. The number of benzene rings is 2. The van der Waals surface area contributed by atoms with Gasteiger partial charge in [0.2, 0.25) is 5.43 Å². The topological polar surface area (TPSA) is 66.0 Å². The number of aryl methyl sites for hydroxylation is 2. The number of rotatable bonds is 2. The fourth-order valence-electron chi connectivity index (χ4n) is 2.70. The number of aromatic hydroxyl groups is 1. The standard InChI is InChI=1S/C20H16N2O2/c1-13-3-8-18(16(9-13)11-21)15-4-6-17(7-5-15)22-12-20(24)19(23)10-14(22)2/h3-10,12,24H,1-2H3. The highest BCUT2D eigenvalue weighted by Crippen LogP contribution is 2.26. The lowest BCUT2D eigenvalue weighted by molar-refractivity contribution is 0.465. The second-order valence-electron chi connectivity index (χ2n) is 5.74. The second kappa shape index (κ2) is 6.05. The highest BCUT2D eigenvalue weighted by Gasteiger charge is 2.07. The Morgan fingerprint density at radius 1 is 1.04 bits per heavy atom. The van der Waals surface area contributed by atoms with Crippen LogP contribution in [0.1, 0.15) is 16.8 Å². The van der Waals surface area contributed by atoms with Gasteiger partial charge in [0, 0.05) is 17.4 Å². The van der Waals surface area contributed by atoms with Crippen molar-refractivity contribution in [3.8, 4) is 28.6 Å². The van der Waals surface area contributed by atoms with Gasteiger partial charge in [-0.25, -0.2) is 0 Å². The van der Waals surface area contributed by atoms with Crippen molar-refractivity contribution in [1.82, 2.24) is 4.57 Å². The predicted octanol–water partition coefficient (Wildman–Crippen LogP) is 3.70. The van der Waals surface area contributed by atoms with Crippen LogP contribution in [0.4, 0.5) is 0 Å². The van der Waals surface area contributed by atoms with E-state index in [9.17, 15) is 15.2 Å². The molecule has 0 atom stereocenters. The first-order chi connectivity index (χ1) is 11.5. The minimum absolute atomic E-state index is 0.282. The summed E-state index contributed by atoms with van der Waals surface area (Å²) >= 11 is 0. The van der Waals surface area contributed by atoms with Gasteiger partial charge in [-0.15, -0.1) is 0 Å². The molecule has 0 aliphatic carbocycles. The van der Waals surface area contributed by atoms with E-state index >= 15 is 0 Å². The molecule has 24 heavy (non-hydrogen) atoms. The maximum atomic E-state index is 11.5. The summed E-state index contributed by atoms with van der Waals surface area (Å²) in [5, 5.41) is 19.0. The number of pyridine rings is 1. The molecule has 1 N–H and O–H groups in total. The van der Waals surface area contributed by atoms with Gasteiger partial charge in [0.05, 0.1) is 17.8 Å². The maximum absolute atomic E-state index is 11.5. The number of nitriles is 1. The Morgan fingerprint density at radius 2 is 1.75 bits per heavy atom. The zero-order chi connectivity index (χ0) is 17.3. The zero-order valence-electron chi connectivity index (χ0n) is 13.4. The van der Waals surface area contributed by atoms with Crippen molar-refractivity contribution in [1.29, 1.82) is 5.26 Å². The van der Waals surface area contributed by atoms with Gasteiger partial charge in [-0.1, -0.05) is 24.3 Å². The monoisotopic (exact) mass is 316 g/mol. The third-order valence-corrected chi connectivity index (χ3v) is 3.98. The summed E-state index contributed by atoms with van der Waals surface area (Å²) in [4.78, 5) is 11.5. The number of aromatic nitrogens is 1. The summed E-state index contributed by atoms with van der Waals surface area (Å²) in [6.45, 7) is 3.77. The molecule has 0 unspecified atom stereocenters. The van der Waals surface area contributed by atoms with Crippen molar-refractivity contribution in [3.05, 3.63) is 81.8 Å². The van der Waals surface area contributed by atoms with Crippen molar-refractivity contribution in [2.45, 2.75) is 13.8 Å². The minimum Gasteiger partial charge on any atom is -0.503 e. The fourth-order valence-corrected chi connectivity index (χ4v) is 2.70. The van der Waals surface area contributed by atoms with E-state index < -0.39 is 5.43 Å². The van der Waals surface area contributed by atoms with Crippen LogP contribution in [0.3, 0.4) is 0 Å². The summed E-state index contributed by atoms with van der Waals surface area (Å²) < 4.78 is 1.75. The SMILES string of the molecule is Cc1ccc(-c2ccc(-n3cc(O)c(=O)cc3C)cc2)c(C#N)c1. The van der Waals surface area contributed by atoms with Crippen LogP contribution in [0.15, 0.2) is 59.5 Å². The molecule has 0 spiro atoms. The number of hydrogen-bond donors (Lipinski definition) is 1. The summed E-state index contributed by atoms with van der Waals surface area (Å²) in [5.41, 5.74) is 4.69. The van der Waals surface area contributed by atoms with E-state index in [1.807, 2.05) is 56.3 Å². The van der Waals surface area contributed by atoms with Crippen LogP contribution >= 0.6 is 0 Å². The Bertz CT molecular complexity index is 1010. The van der Waals surface area contributed by atoms with Crippen LogP contribution in [0.5, 0.6) is 5.75 Å². The third-order valence-electron chi connectivity index (χ3n) is 3.98. The quantitative estimate of drug-likeness (QED) is 0.784. The van der Waals surface area contributed by atoms with Crippen LogP contribution < -0.4 is 5.43 Å². The molecule has 0 aliphatic heterocycles. The van der Waals surface area contributed by atoms with Gasteiger partial charge in [-0.05, 0) is 48.7 Å². The lowest BCUT2D eigenvalue weighted by atomic mass is 9.98. The van der Waals surface area contributed by atoms with Gasteiger partial charge in [0.25, 0.3) is 0 Å². The van der Waals surface area contributed by atoms with E-state index in [2.05, 4.69) is 6.07 Å². The Balaban J connectivity index is 2.05. The maximum Gasteiger partial charge on any atom is 0.223 e. The molecule has 1 aromatic heterocycles. The van der Waals surface area contributed by atoms with Crippen molar-refractivity contribution in [2.24, 2.45) is 0 Å². The molecular weight excluding hydrogens is 300 g/mol. The van der Waals surface area contributed by atoms with E-state index in [0.717, 1.165) is 28.1 Å². The molecule has 4 heteroatoms. The van der Waals surface area contributed by atoms with E-state index in [-0.39, 0.29) is 5.75 Å². The van der Waals surface area contributed by atoms with Gasteiger partial charge < -0.3 is 9.67 Å². The molecule has 118 valence electrons. The number of hydrogen-bond acceptors (Lipinski definition) is 3. The van der Waals surface area contributed by atoms with Crippen molar-refractivity contribution in [2.75, 3.05) is 0 Å². The Labute approximate surface area is 139 Å². The first kappa shape index (κ1) is 15.6. The van der Waals surface area contributed by atoms with Crippen LogP contribution in [-0.4, -0.2) is 9.67 Å². The highest BCUT2D eigenvalue weighted by molar-refractivity contribution is 5.71. The van der Waals surface area contributed by atoms with Gasteiger partial charge in [0.15, 0.2) is 5.75 Å².